The van der Waals surface area contributed by atoms with E-state index in [4.69, 9.17) is 4.74 Å². The third-order valence-corrected chi connectivity index (χ3v) is 3.46. The van der Waals surface area contributed by atoms with Gasteiger partial charge < -0.3 is 14.7 Å². The fourth-order valence-corrected chi connectivity index (χ4v) is 2.36. The Kier molecular flexibility index (Phi) is 5.37. The summed E-state index contributed by atoms with van der Waals surface area (Å²) in [5.41, 5.74) is 0.877. The van der Waals surface area contributed by atoms with Crippen molar-refractivity contribution in [3.63, 3.8) is 0 Å². The summed E-state index contributed by atoms with van der Waals surface area (Å²) < 4.78 is 4.82. The fraction of sp³-hybridized carbons (Fsp3) is 0.500. The molecule has 1 atom stereocenters. The van der Waals surface area contributed by atoms with Crippen LogP contribution in [0, 0.1) is 0 Å². The Morgan fingerprint density at radius 2 is 2.43 bits per heavy atom. The minimum Gasteiger partial charge on any atom is -0.389 e. The molecule has 1 amide bonds. The number of amides is 1. The van der Waals surface area contributed by atoms with Crippen LogP contribution in [0.1, 0.15) is 0 Å². The predicted octanol–water partition coefficient (Wildman–Crippen LogP) is -0.133. The van der Waals surface area contributed by atoms with E-state index < -0.39 is 6.10 Å². The smallest absolute Gasteiger partial charge is 0.246 e. The van der Waals surface area contributed by atoms with E-state index in [9.17, 15) is 9.90 Å². The number of hydrogen-bond acceptors (Lipinski definition) is 7. The molecule has 0 aliphatic heterocycles. The van der Waals surface area contributed by atoms with E-state index in [1.165, 1.54) is 16.8 Å². The maximum absolute atomic E-state index is 12.0. The van der Waals surface area contributed by atoms with Gasteiger partial charge >= 0.3 is 0 Å². The third kappa shape index (κ3) is 4.31. The summed E-state index contributed by atoms with van der Waals surface area (Å²) in [7, 11) is 3.11. The molecule has 1 N–H and O–H groups in total. The number of hydrogen-bond donors (Lipinski definition) is 1. The minimum atomic E-state index is -0.714. The number of thiophene rings is 1. The maximum Gasteiger partial charge on any atom is 0.246 e. The molecule has 0 spiro atoms. The molecule has 2 heterocycles. The molecule has 0 radical (unpaired) electrons. The Balaban J connectivity index is 1.90. The fourth-order valence-electron chi connectivity index (χ4n) is 1.72. The van der Waals surface area contributed by atoms with E-state index in [1.807, 2.05) is 16.8 Å². The van der Waals surface area contributed by atoms with Crippen LogP contribution in [0.3, 0.4) is 0 Å². The summed E-state index contributed by atoms with van der Waals surface area (Å²) in [6.45, 7) is 0.355. The molecule has 2 aromatic heterocycles. The first kappa shape index (κ1) is 15.5. The monoisotopic (exact) mass is 311 g/mol. The number of aromatic nitrogens is 4. The molecule has 1 unspecified atom stereocenters. The van der Waals surface area contributed by atoms with Gasteiger partial charge in [-0.25, -0.2) is 0 Å². The zero-order chi connectivity index (χ0) is 15.2. The molecule has 9 heteroatoms. The van der Waals surface area contributed by atoms with Gasteiger partial charge in [0.05, 0.1) is 12.7 Å². The van der Waals surface area contributed by atoms with Crippen LogP contribution in [-0.2, 0) is 16.1 Å². The molecule has 0 bridgehead atoms. The van der Waals surface area contributed by atoms with Crippen LogP contribution in [-0.4, -0.2) is 69.5 Å². The van der Waals surface area contributed by atoms with Crippen LogP contribution in [0.2, 0.25) is 0 Å². The minimum absolute atomic E-state index is 0.0205. The van der Waals surface area contributed by atoms with Crippen molar-refractivity contribution in [3.8, 4) is 11.4 Å². The first-order chi connectivity index (χ1) is 10.1. The summed E-state index contributed by atoms with van der Waals surface area (Å²) in [5.74, 6) is 0.283. The zero-order valence-electron chi connectivity index (χ0n) is 11.8. The Hall–Kier alpha value is -1.84. The normalized spacial score (nSPS) is 12.3. The Morgan fingerprint density at radius 1 is 1.62 bits per heavy atom. The molecule has 0 fully saturated rings. The van der Waals surface area contributed by atoms with Gasteiger partial charge in [-0.2, -0.15) is 16.1 Å². The second kappa shape index (κ2) is 7.25. The number of aliphatic hydroxyl groups excluding tert-OH is 1. The highest BCUT2D eigenvalue weighted by Crippen LogP contribution is 2.16. The molecule has 114 valence electrons. The number of nitrogens with zero attached hydrogens (tertiary/aromatic N) is 5. The average molecular weight is 311 g/mol. The number of tetrazole rings is 1. The van der Waals surface area contributed by atoms with Gasteiger partial charge in [0.15, 0.2) is 0 Å². The van der Waals surface area contributed by atoms with Crippen LogP contribution >= 0.6 is 11.3 Å². The van der Waals surface area contributed by atoms with Crippen LogP contribution in [0.25, 0.3) is 11.4 Å². The van der Waals surface area contributed by atoms with Gasteiger partial charge in [0.1, 0.15) is 6.54 Å². The SMILES string of the molecule is COCC(O)CN(C)C(=O)Cn1nnc(-c2ccsc2)n1. The number of carbonyl (C=O) groups excluding carboxylic acids is 1. The van der Waals surface area contributed by atoms with Gasteiger partial charge in [-0.15, -0.1) is 10.2 Å². The largest absolute Gasteiger partial charge is 0.389 e. The van der Waals surface area contributed by atoms with Crippen molar-refractivity contribution in [2.75, 3.05) is 27.3 Å². The van der Waals surface area contributed by atoms with Crippen LogP contribution < -0.4 is 0 Å². The van der Waals surface area contributed by atoms with E-state index in [2.05, 4.69) is 15.4 Å². The van der Waals surface area contributed by atoms with Crippen LogP contribution in [0.5, 0.6) is 0 Å². The summed E-state index contributed by atoms with van der Waals surface area (Å²) in [4.78, 5) is 14.7. The van der Waals surface area contributed by atoms with Crippen LogP contribution in [0.4, 0.5) is 0 Å². The van der Waals surface area contributed by atoms with E-state index in [-0.39, 0.29) is 25.6 Å². The molecule has 0 aliphatic rings. The van der Waals surface area contributed by atoms with Crippen molar-refractivity contribution in [1.82, 2.24) is 25.1 Å². The van der Waals surface area contributed by atoms with Gasteiger partial charge in [0.2, 0.25) is 11.7 Å². The molecule has 21 heavy (non-hydrogen) atoms. The average Bonchev–Trinajstić information content (AvgIpc) is 3.08. The molecule has 0 aliphatic carbocycles. The molecule has 0 aromatic carbocycles. The number of carbonyl (C=O) groups is 1. The molecule has 8 nitrogen and oxygen atoms in total. The Labute approximate surface area is 125 Å². The number of rotatable bonds is 7. The highest BCUT2D eigenvalue weighted by atomic mass is 32.1. The molecule has 2 rings (SSSR count). The first-order valence-corrected chi connectivity index (χ1v) is 7.25. The molecule has 0 saturated carbocycles. The van der Waals surface area contributed by atoms with Gasteiger partial charge in [0.25, 0.3) is 0 Å². The van der Waals surface area contributed by atoms with Crippen molar-refractivity contribution in [2.24, 2.45) is 0 Å². The van der Waals surface area contributed by atoms with Crippen LogP contribution in [0.15, 0.2) is 16.8 Å². The number of likely N-dealkylation sites (N-methyl/N-ethyl adjacent to an activating group) is 1. The standard InChI is InChI=1S/C12H17N5O3S/c1-16(5-10(18)7-20-2)11(19)6-17-14-12(13-15-17)9-3-4-21-8-9/h3-4,8,10,18H,5-7H2,1-2H3. The van der Waals surface area contributed by atoms with Gasteiger partial charge in [-0.3, -0.25) is 4.79 Å². The lowest BCUT2D eigenvalue weighted by Crippen LogP contribution is -2.38. The van der Waals surface area contributed by atoms with Crippen molar-refractivity contribution in [3.05, 3.63) is 16.8 Å². The second-order valence-corrected chi connectivity index (χ2v) is 5.32. The zero-order valence-corrected chi connectivity index (χ0v) is 12.7. The first-order valence-electron chi connectivity index (χ1n) is 6.31. The summed E-state index contributed by atoms with van der Waals surface area (Å²) in [5, 5.41) is 25.4. The van der Waals surface area contributed by atoms with E-state index >= 15 is 0 Å². The molecular weight excluding hydrogens is 294 g/mol. The van der Waals surface area contributed by atoms with Crippen molar-refractivity contribution in [1.29, 1.82) is 0 Å². The highest BCUT2D eigenvalue weighted by molar-refractivity contribution is 7.08. The number of methoxy groups -OCH3 is 1. The lowest BCUT2D eigenvalue weighted by molar-refractivity contribution is -0.132. The highest BCUT2D eigenvalue weighted by Gasteiger charge is 2.16. The molecule has 0 saturated heterocycles. The lowest BCUT2D eigenvalue weighted by Gasteiger charge is -2.19. The predicted molar refractivity (Wildman–Crippen MR) is 76.6 cm³/mol. The Morgan fingerprint density at radius 3 is 3.10 bits per heavy atom. The van der Waals surface area contributed by atoms with E-state index in [0.29, 0.717) is 5.82 Å². The Bertz CT molecular complexity index is 571. The van der Waals surface area contributed by atoms with Crippen molar-refractivity contribution in [2.45, 2.75) is 12.6 Å². The third-order valence-electron chi connectivity index (χ3n) is 2.78. The van der Waals surface area contributed by atoms with Crippen molar-refractivity contribution >= 4 is 17.2 Å². The van der Waals surface area contributed by atoms with Gasteiger partial charge in [0, 0.05) is 31.6 Å². The van der Waals surface area contributed by atoms with Gasteiger partial charge in [-0.1, -0.05) is 0 Å². The summed E-state index contributed by atoms with van der Waals surface area (Å²) in [6.07, 6.45) is -0.714. The van der Waals surface area contributed by atoms with E-state index in [1.54, 1.807) is 18.4 Å². The van der Waals surface area contributed by atoms with Crippen molar-refractivity contribution < 1.29 is 14.6 Å². The van der Waals surface area contributed by atoms with E-state index in [0.717, 1.165) is 5.56 Å². The summed E-state index contributed by atoms with van der Waals surface area (Å²) >= 11 is 1.54. The molecule has 2 aromatic rings. The maximum atomic E-state index is 12.0. The quantitative estimate of drug-likeness (QED) is 0.765. The lowest BCUT2D eigenvalue weighted by atomic mass is 10.3. The summed E-state index contributed by atoms with van der Waals surface area (Å²) in [6, 6.07) is 1.89. The second-order valence-electron chi connectivity index (χ2n) is 4.54. The number of aliphatic hydroxyl groups is 1. The molecular formula is C12H17N5O3S. The van der Waals surface area contributed by atoms with Gasteiger partial charge in [-0.05, 0) is 16.7 Å². The number of ether oxygens (including phenoxy) is 1. The topological polar surface area (TPSA) is 93.4 Å².